The average Bonchev–Trinajstić information content (AvgIpc) is 3.28. The van der Waals surface area contributed by atoms with Gasteiger partial charge in [-0.3, -0.25) is 10.7 Å². The largest absolute Gasteiger partial charge is 0.481 e. The van der Waals surface area contributed by atoms with Crippen LogP contribution in [0, 0.1) is 5.41 Å². The van der Waals surface area contributed by atoms with Crippen molar-refractivity contribution in [2.45, 2.75) is 12.6 Å². The molecule has 0 aliphatic rings. The van der Waals surface area contributed by atoms with Crippen molar-refractivity contribution in [3.63, 3.8) is 0 Å². The van der Waals surface area contributed by atoms with Gasteiger partial charge in [0.05, 0.1) is 4.88 Å². The molecule has 4 N–H and O–H groups in total. The van der Waals surface area contributed by atoms with Crippen LogP contribution in [0.1, 0.15) is 22.1 Å². The summed E-state index contributed by atoms with van der Waals surface area (Å²) in [5.74, 6) is 0.659. The van der Waals surface area contributed by atoms with E-state index < -0.39 is 12.2 Å². The number of nitrogen functional groups attached to an aromatic ring is 1. The fraction of sp³-hybridized carbons (Fsp3) is 0.185. The number of benzene rings is 3. The summed E-state index contributed by atoms with van der Waals surface area (Å²) >= 11 is 1.44. The molecule has 4 aromatic rings. The third-order valence-electron chi connectivity index (χ3n) is 5.27. The Balaban J connectivity index is 1.49. The molecule has 0 aliphatic heterocycles. The monoisotopic (exact) mass is 488 g/mol. The van der Waals surface area contributed by atoms with Gasteiger partial charge >= 0.3 is 6.09 Å². The van der Waals surface area contributed by atoms with E-state index in [0.29, 0.717) is 16.3 Å². The maximum Gasteiger partial charge on any atom is 0.411 e. The summed E-state index contributed by atoms with van der Waals surface area (Å²) in [7, 11) is 3.99. The Morgan fingerprint density at radius 2 is 1.83 bits per heavy atom. The lowest BCUT2D eigenvalue weighted by Gasteiger charge is -2.20. The zero-order valence-corrected chi connectivity index (χ0v) is 20.5. The van der Waals surface area contributed by atoms with E-state index in [4.69, 9.17) is 20.6 Å². The number of hydrogen-bond donors (Lipinski definition) is 3. The number of carbonyl (C=O) groups excluding carboxylic acids is 1. The van der Waals surface area contributed by atoms with E-state index in [-0.39, 0.29) is 12.4 Å². The van der Waals surface area contributed by atoms with E-state index in [1.807, 2.05) is 93.0 Å². The van der Waals surface area contributed by atoms with Crippen molar-refractivity contribution < 1.29 is 14.3 Å². The number of carbonyl (C=O) groups is 1. The van der Waals surface area contributed by atoms with Gasteiger partial charge in [0, 0.05) is 22.3 Å². The smallest absolute Gasteiger partial charge is 0.411 e. The minimum absolute atomic E-state index is 0.0198. The molecule has 1 atom stereocenters. The van der Waals surface area contributed by atoms with Crippen LogP contribution in [0.4, 0.5) is 10.5 Å². The minimum Gasteiger partial charge on any atom is -0.481 e. The number of amidine groups is 1. The van der Waals surface area contributed by atoms with Crippen LogP contribution < -0.4 is 15.8 Å². The molecule has 3 aromatic carbocycles. The van der Waals surface area contributed by atoms with Crippen LogP contribution in [0.15, 0.2) is 78.9 Å². The lowest BCUT2D eigenvalue weighted by Crippen LogP contribution is -2.21. The Labute approximate surface area is 208 Å². The molecule has 35 heavy (non-hydrogen) atoms. The van der Waals surface area contributed by atoms with Crippen LogP contribution in [0.5, 0.6) is 5.75 Å². The number of ether oxygens (including phenoxy) is 2. The highest BCUT2D eigenvalue weighted by molar-refractivity contribution is 7.20. The van der Waals surface area contributed by atoms with Crippen molar-refractivity contribution in [2.24, 2.45) is 5.73 Å². The van der Waals surface area contributed by atoms with Gasteiger partial charge in [0.25, 0.3) is 0 Å². The zero-order chi connectivity index (χ0) is 24.8. The number of nitrogens with one attached hydrogen (secondary N) is 2. The first-order valence-electron chi connectivity index (χ1n) is 11.1. The summed E-state index contributed by atoms with van der Waals surface area (Å²) in [6.45, 7) is 0.793. The summed E-state index contributed by atoms with van der Waals surface area (Å²) in [5, 5.41) is 11.4. The van der Waals surface area contributed by atoms with Crippen molar-refractivity contribution >= 4 is 39.0 Å². The maximum atomic E-state index is 12.6. The van der Waals surface area contributed by atoms with Gasteiger partial charge in [-0.25, -0.2) is 4.79 Å². The van der Waals surface area contributed by atoms with E-state index in [9.17, 15) is 4.79 Å². The van der Waals surface area contributed by atoms with Crippen molar-refractivity contribution in [3.8, 4) is 5.75 Å². The molecule has 0 saturated heterocycles. The lowest BCUT2D eigenvalue weighted by molar-refractivity contribution is 0.0910. The summed E-state index contributed by atoms with van der Waals surface area (Å²) < 4.78 is 12.9. The molecular weight excluding hydrogens is 460 g/mol. The first-order valence-corrected chi connectivity index (χ1v) is 12.0. The Morgan fingerprint density at radius 3 is 2.57 bits per heavy atom. The van der Waals surface area contributed by atoms with Crippen LogP contribution in [0.2, 0.25) is 0 Å². The minimum atomic E-state index is -0.552. The molecule has 8 heteroatoms. The second-order valence-electron chi connectivity index (χ2n) is 8.37. The fourth-order valence-electron chi connectivity index (χ4n) is 3.71. The number of anilines is 1. The molecule has 0 radical (unpaired) electrons. The van der Waals surface area contributed by atoms with Gasteiger partial charge in [-0.2, -0.15) is 0 Å². The van der Waals surface area contributed by atoms with Crippen molar-refractivity contribution in [1.29, 1.82) is 5.41 Å². The summed E-state index contributed by atoms with van der Waals surface area (Å²) in [6, 6.07) is 24.9. The highest BCUT2D eigenvalue weighted by atomic mass is 32.1. The van der Waals surface area contributed by atoms with Gasteiger partial charge in [-0.1, -0.05) is 48.5 Å². The second kappa shape index (κ2) is 11.0. The molecule has 180 valence electrons. The van der Waals surface area contributed by atoms with Gasteiger partial charge in [-0.05, 0) is 55.6 Å². The third-order valence-corrected chi connectivity index (χ3v) is 6.40. The SMILES string of the molecule is CN(C)Cc1cccc(NC(=O)OCC(Oc2cccc3sc(C(=N)N)cc23)c2ccccc2)c1. The predicted octanol–water partition coefficient (Wildman–Crippen LogP) is 5.62. The van der Waals surface area contributed by atoms with E-state index in [1.54, 1.807) is 0 Å². The summed E-state index contributed by atoms with van der Waals surface area (Å²) in [6.07, 6.45) is -1.07. The molecule has 0 bridgehead atoms. The molecule has 7 nitrogen and oxygen atoms in total. The first kappa shape index (κ1) is 24.3. The number of nitrogens with zero attached hydrogens (tertiary/aromatic N) is 1. The molecule has 0 spiro atoms. The standard InChI is InChI=1S/C27H28N4O3S/c1-31(2)16-18-8-6-11-20(14-18)30-27(32)33-17-23(19-9-4-3-5-10-19)34-22-12-7-13-24-21(22)15-25(35-24)26(28)29/h3-15,23H,16-17H2,1-2H3,(H3,28,29)(H,30,32). The van der Waals surface area contributed by atoms with E-state index >= 15 is 0 Å². The number of thiophene rings is 1. The van der Waals surface area contributed by atoms with Crippen LogP contribution in [-0.2, 0) is 11.3 Å². The van der Waals surface area contributed by atoms with Crippen molar-refractivity contribution in [1.82, 2.24) is 4.90 Å². The maximum absolute atomic E-state index is 12.6. The van der Waals surface area contributed by atoms with Gasteiger partial charge in [0.1, 0.15) is 18.2 Å². The molecule has 0 aliphatic carbocycles. The third kappa shape index (κ3) is 6.38. The topological polar surface area (TPSA) is 101 Å². The number of rotatable bonds is 9. The molecular formula is C27H28N4O3S. The molecule has 1 unspecified atom stereocenters. The number of nitrogens with two attached hydrogens (primary N) is 1. The average molecular weight is 489 g/mol. The highest BCUT2D eigenvalue weighted by Gasteiger charge is 2.19. The zero-order valence-electron chi connectivity index (χ0n) is 19.7. The summed E-state index contributed by atoms with van der Waals surface area (Å²) in [5.41, 5.74) is 8.33. The molecule has 1 aromatic heterocycles. The number of amides is 1. The quantitative estimate of drug-likeness (QED) is 0.210. The molecule has 1 amide bonds. The lowest BCUT2D eigenvalue weighted by atomic mass is 10.1. The second-order valence-corrected chi connectivity index (χ2v) is 9.45. The van der Waals surface area contributed by atoms with Crippen molar-refractivity contribution in [2.75, 3.05) is 26.0 Å². The highest BCUT2D eigenvalue weighted by Crippen LogP contribution is 2.35. The van der Waals surface area contributed by atoms with Gasteiger partial charge < -0.3 is 20.1 Å². The molecule has 4 rings (SSSR count). The van der Waals surface area contributed by atoms with E-state index in [2.05, 4.69) is 10.2 Å². The van der Waals surface area contributed by atoms with E-state index in [1.165, 1.54) is 11.3 Å². The predicted molar refractivity (Wildman–Crippen MR) is 141 cm³/mol. The first-order chi connectivity index (χ1) is 16.9. The van der Waals surface area contributed by atoms with Crippen LogP contribution in [0.25, 0.3) is 10.1 Å². The number of fused-ring (bicyclic) bond motifs is 1. The molecule has 0 fully saturated rings. The Bertz CT molecular complexity index is 1320. The Kier molecular flexibility index (Phi) is 7.64. The van der Waals surface area contributed by atoms with Crippen molar-refractivity contribution in [3.05, 3.63) is 94.9 Å². The van der Waals surface area contributed by atoms with Gasteiger partial charge in [0.15, 0.2) is 6.10 Å². The fourth-order valence-corrected chi connectivity index (χ4v) is 4.65. The van der Waals surface area contributed by atoms with Gasteiger partial charge in [-0.15, -0.1) is 11.3 Å². The van der Waals surface area contributed by atoms with Crippen LogP contribution in [0.3, 0.4) is 0 Å². The van der Waals surface area contributed by atoms with E-state index in [0.717, 1.165) is 27.8 Å². The number of hydrogen-bond acceptors (Lipinski definition) is 6. The Morgan fingerprint density at radius 1 is 1.06 bits per heavy atom. The molecule has 1 heterocycles. The summed E-state index contributed by atoms with van der Waals surface area (Å²) in [4.78, 5) is 15.3. The normalized spacial score (nSPS) is 11.9. The van der Waals surface area contributed by atoms with Crippen LogP contribution >= 0.6 is 11.3 Å². The Hall–Kier alpha value is -3.88. The molecule has 0 saturated carbocycles. The van der Waals surface area contributed by atoms with Gasteiger partial charge in [0.2, 0.25) is 0 Å². The van der Waals surface area contributed by atoms with Crippen LogP contribution in [-0.4, -0.2) is 37.5 Å².